The highest BCUT2D eigenvalue weighted by Gasteiger charge is 2.15. The van der Waals surface area contributed by atoms with E-state index >= 15 is 0 Å². The van der Waals surface area contributed by atoms with Crippen LogP contribution in [0, 0.1) is 11.3 Å². The molecule has 5 heteroatoms. The number of nitrogens with zero attached hydrogens (tertiary/aromatic N) is 1. The number of nitriles is 1. The van der Waals surface area contributed by atoms with Crippen molar-refractivity contribution in [1.82, 2.24) is 0 Å². The van der Waals surface area contributed by atoms with E-state index in [2.05, 4.69) is 6.58 Å². The molecule has 0 aliphatic rings. The summed E-state index contributed by atoms with van der Waals surface area (Å²) in [5, 5.41) is 8.77. The highest BCUT2D eigenvalue weighted by atomic mass is 32.2. The van der Waals surface area contributed by atoms with Crippen LogP contribution in [-0.4, -0.2) is 25.1 Å². The Bertz CT molecular complexity index is 286. The summed E-state index contributed by atoms with van der Waals surface area (Å²) in [5.74, 6) is -0.592. The Kier molecular flexibility index (Phi) is 7.07. The first kappa shape index (κ1) is 13.1. The van der Waals surface area contributed by atoms with Crippen LogP contribution in [0.1, 0.15) is 0 Å². The molecule has 0 unspecified atom stereocenters. The van der Waals surface area contributed by atoms with E-state index in [1.807, 2.05) is 18.6 Å². The zero-order chi connectivity index (χ0) is 11.0. The molecule has 76 valence electrons. The lowest BCUT2D eigenvalue weighted by atomic mass is 10.3. The van der Waals surface area contributed by atoms with Gasteiger partial charge in [-0.15, -0.1) is 23.5 Å². The molecule has 0 N–H and O–H groups in total. The average molecular weight is 229 g/mol. The lowest BCUT2D eigenvalue weighted by Crippen LogP contribution is -2.07. The Balaban J connectivity index is 4.71. The van der Waals surface area contributed by atoms with Gasteiger partial charge in [-0.25, -0.2) is 4.79 Å². The van der Waals surface area contributed by atoms with Gasteiger partial charge in [-0.05, 0) is 12.5 Å². The third-order valence-electron chi connectivity index (χ3n) is 1.22. The molecule has 0 rings (SSSR count). The van der Waals surface area contributed by atoms with Gasteiger partial charge in [0.2, 0.25) is 0 Å². The van der Waals surface area contributed by atoms with Crippen LogP contribution in [0.2, 0.25) is 0 Å². The van der Waals surface area contributed by atoms with Crippen molar-refractivity contribution >= 4 is 29.5 Å². The predicted molar refractivity (Wildman–Crippen MR) is 60.8 cm³/mol. The van der Waals surface area contributed by atoms with Crippen LogP contribution < -0.4 is 0 Å². The van der Waals surface area contributed by atoms with E-state index in [1.165, 1.54) is 29.6 Å². The molecule has 0 heterocycles. The normalized spacial score (nSPS) is 8.64. The minimum atomic E-state index is -0.592. The molecule has 0 aromatic rings. The van der Waals surface area contributed by atoms with Gasteiger partial charge in [0.1, 0.15) is 12.7 Å². The first-order valence-corrected chi connectivity index (χ1v) is 6.16. The molecule has 0 fully saturated rings. The molecule has 0 bridgehead atoms. The summed E-state index contributed by atoms with van der Waals surface area (Å²) in [5.41, 5.74) is 0.0619. The van der Waals surface area contributed by atoms with Crippen molar-refractivity contribution in [1.29, 1.82) is 5.26 Å². The summed E-state index contributed by atoms with van der Waals surface area (Å²) in [6, 6.07) is 1.84. The highest BCUT2D eigenvalue weighted by Crippen LogP contribution is 2.27. The van der Waals surface area contributed by atoms with Crippen molar-refractivity contribution in [3.8, 4) is 6.07 Å². The quantitative estimate of drug-likeness (QED) is 0.313. The maximum atomic E-state index is 11.3. The fourth-order valence-electron chi connectivity index (χ4n) is 0.669. The summed E-state index contributed by atoms with van der Waals surface area (Å²) < 4.78 is 5.43. The number of carbonyl (C=O) groups excluding carboxylic acids is 1. The van der Waals surface area contributed by atoms with Crippen LogP contribution in [0.25, 0.3) is 0 Å². The molecule has 0 saturated carbocycles. The number of thioether (sulfide) groups is 2. The van der Waals surface area contributed by atoms with Crippen LogP contribution in [0.15, 0.2) is 22.5 Å². The van der Waals surface area contributed by atoms with Gasteiger partial charge in [-0.1, -0.05) is 12.7 Å². The van der Waals surface area contributed by atoms with E-state index < -0.39 is 5.97 Å². The molecule has 3 nitrogen and oxygen atoms in total. The molecule has 0 atom stereocenters. The van der Waals surface area contributed by atoms with E-state index in [4.69, 9.17) is 10.00 Å². The van der Waals surface area contributed by atoms with Crippen molar-refractivity contribution in [2.24, 2.45) is 0 Å². The van der Waals surface area contributed by atoms with Crippen LogP contribution in [0.3, 0.4) is 0 Å². The summed E-state index contributed by atoms with van der Waals surface area (Å²) >= 11 is 2.72. The molecule has 0 saturated heterocycles. The van der Waals surface area contributed by atoms with Crippen molar-refractivity contribution in [3.63, 3.8) is 0 Å². The van der Waals surface area contributed by atoms with Crippen molar-refractivity contribution < 1.29 is 9.53 Å². The molecule has 0 aromatic heterocycles. The lowest BCUT2D eigenvalue weighted by molar-refractivity contribution is -0.137. The zero-order valence-electron chi connectivity index (χ0n) is 8.07. The lowest BCUT2D eigenvalue weighted by Gasteiger charge is -2.03. The average Bonchev–Trinajstić information content (AvgIpc) is 2.22. The zero-order valence-corrected chi connectivity index (χ0v) is 9.70. The summed E-state index contributed by atoms with van der Waals surface area (Å²) in [6.45, 7) is 3.54. The maximum absolute atomic E-state index is 11.3. The highest BCUT2D eigenvalue weighted by molar-refractivity contribution is 8.21. The van der Waals surface area contributed by atoms with Gasteiger partial charge in [0.25, 0.3) is 0 Å². The molecule has 0 radical (unpaired) electrons. The van der Waals surface area contributed by atoms with Gasteiger partial charge in [-0.2, -0.15) is 5.26 Å². The van der Waals surface area contributed by atoms with Crippen molar-refractivity contribution in [2.45, 2.75) is 0 Å². The second-order valence-electron chi connectivity index (χ2n) is 2.07. The first-order valence-electron chi connectivity index (χ1n) is 3.71. The molecule has 0 aromatic carbocycles. The van der Waals surface area contributed by atoms with Gasteiger partial charge in [0, 0.05) is 0 Å². The predicted octanol–water partition coefficient (Wildman–Crippen LogP) is 2.18. The van der Waals surface area contributed by atoms with E-state index in [9.17, 15) is 4.79 Å². The molecule has 14 heavy (non-hydrogen) atoms. The number of rotatable bonds is 5. The maximum Gasteiger partial charge on any atom is 0.350 e. The van der Waals surface area contributed by atoms with E-state index in [0.29, 0.717) is 4.24 Å². The fraction of sp³-hybridized carbons (Fsp3) is 0.333. The Morgan fingerprint density at radius 1 is 1.57 bits per heavy atom. The Labute approximate surface area is 92.2 Å². The second kappa shape index (κ2) is 7.54. The topological polar surface area (TPSA) is 50.1 Å². The van der Waals surface area contributed by atoms with Gasteiger partial charge in [0.15, 0.2) is 5.57 Å². The second-order valence-corrected chi connectivity index (χ2v) is 3.96. The first-order chi connectivity index (χ1) is 6.71. The Morgan fingerprint density at radius 3 is 2.50 bits per heavy atom. The molecular formula is C9H11NO2S2. The molecular weight excluding hydrogens is 218 g/mol. The summed E-state index contributed by atoms with van der Waals surface area (Å²) in [7, 11) is 0. The number of carbonyl (C=O) groups is 1. The molecule has 0 aliphatic carbocycles. The minimum absolute atomic E-state index is 0.0619. The third-order valence-corrected chi connectivity index (χ3v) is 3.37. The van der Waals surface area contributed by atoms with Gasteiger partial charge in [0.05, 0.1) is 4.24 Å². The van der Waals surface area contributed by atoms with Crippen LogP contribution in [0.5, 0.6) is 0 Å². The van der Waals surface area contributed by atoms with Gasteiger partial charge < -0.3 is 4.74 Å². The van der Waals surface area contributed by atoms with Crippen molar-refractivity contribution in [3.05, 3.63) is 22.5 Å². The largest absolute Gasteiger partial charge is 0.457 e. The Hall–Kier alpha value is -0.860. The van der Waals surface area contributed by atoms with Crippen LogP contribution in [0.4, 0.5) is 0 Å². The Morgan fingerprint density at radius 2 is 2.14 bits per heavy atom. The molecule has 0 amide bonds. The monoisotopic (exact) mass is 229 g/mol. The smallest absolute Gasteiger partial charge is 0.350 e. The number of ether oxygens (including phenoxy) is 1. The molecule has 0 aliphatic heterocycles. The molecule has 0 spiro atoms. The van der Waals surface area contributed by atoms with Crippen LogP contribution in [-0.2, 0) is 9.53 Å². The standard InChI is InChI=1S/C9H11NO2S2/c1-4-5-12-8(11)7(6-10)9(13-2)14-3/h4H,1,5H2,2-3H3. The van der Waals surface area contributed by atoms with E-state index in [1.54, 1.807) is 0 Å². The third kappa shape index (κ3) is 3.90. The number of esters is 1. The van der Waals surface area contributed by atoms with Gasteiger partial charge in [-0.3, -0.25) is 0 Å². The minimum Gasteiger partial charge on any atom is -0.457 e. The van der Waals surface area contributed by atoms with Crippen molar-refractivity contribution in [2.75, 3.05) is 19.1 Å². The summed E-state index contributed by atoms with van der Waals surface area (Å²) in [6.07, 6.45) is 5.08. The summed E-state index contributed by atoms with van der Waals surface area (Å²) in [4.78, 5) is 11.3. The van der Waals surface area contributed by atoms with E-state index in [0.717, 1.165) is 0 Å². The number of hydrogen-bond acceptors (Lipinski definition) is 5. The van der Waals surface area contributed by atoms with Gasteiger partial charge >= 0.3 is 5.97 Å². The number of hydrogen-bond donors (Lipinski definition) is 0. The van der Waals surface area contributed by atoms with E-state index in [-0.39, 0.29) is 12.2 Å². The fourth-order valence-corrected chi connectivity index (χ4v) is 2.00. The SMILES string of the molecule is C=CCOC(=O)C(C#N)=C(SC)SC. The van der Waals surface area contributed by atoms with Crippen LogP contribution >= 0.6 is 23.5 Å².